The summed E-state index contributed by atoms with van der Waals surface area (Å²) >= 11 is 0. The van der Waals surface area contributed by atoms with E-state index < -0.39 is 5.97 Å². The second kappa shape index (κ2) is 7.41. The Hall–Kier alpha value is -0.610. The van der Waals surface area contributed by atoms with E-state index in [4.69, 9.17) is 0 Å². The zero-order valence-corrected chi connectivity index (χ0v) is 13.1. The number of carboxylic acid groups (broad SMARTS) is 1. The van der Waals surface area contributed by atoms with Crippen molar-refractivity contribution in [3.8, 4) is 0 Å². The topological polar surface area (TPSA) is 43.8 Å². The normalized spacial score (nSPS) is 30.4. The molecule has 116 valence electrons. The maximum Gasteiger partial charge on any atom is 0.308 e. The molecule has 4 nitrogen and oxygen atoms in total. The van der Waals surface area contributed by atoms with Gasteiger partial charge >= 0.3 is 5.97 Å². The standard InChI is InChI=1S/C16H30N2O2/c1-17-10-8-13(9-11-17)12-18(2)15-7-5-3-4-6-14(15)16(19)20/h13-15H,3-12H2,1-2H3,(H,19,20). The fourth-order valence-corrected chi connectivity index (χ4v) is 3.89. The first-order valence-electron chi connectivity index (χ1n) is 8.19. The summed E-state index contributed by atoms with van der Waals surface area (Å²) in [5.41, 5.74) is 0. The van der Waals surface area contributed by atoms with E-state index in [2.05, 4.69) is 23.9 Å². The van der Waals surface area contributed by atoms with Crippen LogP contribution >= 0.6 is 0 Å². The highest BCUT2D eigenvalue weighted by atomic mass is 16.4. The van der Waals surface area contributed by atoms with Crippen molar-refractivity contribution in [3.63, 3.8) is 0 Å². The van der Waals surface area contributed by atoms with Crippen LogP contribution in [0.15, 0.2) is 0 Å². The molecule has 1 saturated heterocycles. The predicted molar refractivity (Wildman–Crippen MR) is 80.8 cm³/mol. The Labute approximate surface area is 123 Å². The zero-order valence-electron chi connectivity index (χ0n) is 13.1. The fraction of sp³-hybridized carbons (Fsp3) is 0.938. The molecule has 0 aromatic heterocycles. The molecular formula is C16H30N2O2. The summed E-state index contributed by atoms with van der Waals surface area (Å²) in [7, 11) is 4.33. The van der Waals surface area contributed by atoms with E-state index in [-0.39, 0.29) is 12.0 Å². The van der Waals surface area contributed by atoms with Crippen LogP contribution in [-0.4, -0.2) is 60.6 Å². The van der Waals surface area contributed by atoms with E-state index in [0.29, 0.717) is 0 Å². The first-order valence-corrected chi connectivity index (χ1v) is 8.19. The highest BCUT2D eigenvalue weighted by molar-refractivity contribution is 5.70. The average molecular weight is 282 g/mol. The summed E-state index contributed by atoms with van der Waals surface area (Å²) in [5.74, 6) is -0.00482. The number of carbonyl (C=O) groups is 1. The van der Waals surface area contributed by atoms with Gasteiger partial charge in [0.1, 0.15) is 0 Å². The highest BCUT2D eigenvalue weighted by Gasteiger charge is 2.33. The third-order valence-corrected chi connectivity index (χ3v) is 5.25. The average Bonchev–Trinajstić information content (AvgIpc) is 2.67. The van der Waals surface area contributed by atoms with Gasteiger partial charge in [0.15, 0.2) is 0 Å². The minimum atomic E-state index is -0.591. The van der Waals surface area contributed by atoms with Crippen LogP contribution < -0.4 is 0 Å². The molecule has 1 saturated carbocycles. The molecule has 20 heavy (non-hydrogen) atoms. The number of hydrogen-bond donors (Lipinski definition) is 1. The van der Waals surface area contributed by atoms with Crippen molar-refractivity contribution in [3.05, 3.63) is 0 Å². The number of carboxylic acids is 1. The Kier molecular flexibility index (Phi) is 5.85. The minimum Gasteiger partial charge on any atom is -0.481 e. The van der Waals surface area contributed by atoms with Crippen molar-refractivity contribution in [1.29, 1.82) is 0 Å². The van der Waals surface area contributed by atoms with E-state index >= 15 is 0 Å². The fourth-order valence-electron chi connectivity index (χ4n) is 3.89. The second-order valence-electron chi connectivity index (χ2n) is 6.84. The third-order valence-electron chi connectivity index (χ3n) is 5.25. The molecule has 0 aromatic rings. The van der Waals surface area contributed by atoms with Crippen molar-refractivity contribution >= 4 is 5.97 Å². The molecular weight excluding hydrogens is 252 g/mol. The lowest BCUT2D eigenvalue weighted by Gasteiger charge is -2.36. The Morgan fingerprint density at radius 3 is 2.45 bits per heavy atom. The van der Waals surface area contributed by atoms with Gasteiger partial charge in [-0.3, -0.25) is 4.79 Å². The molecule has 1 aliphatic carbocycles. The molecule has 2 fully saturated rings. The van der Waals surface area contributed by atoms with Crippen LogP contribution in [0.4, 0.5) is 0 Å². The van der Waals surface area contributed by atoms with Crippen LogP contribution in [0, 0.1) is 11.8 Å². The molecule has 0 spiro atoms. The van der Waals surface area contributed by atoms with Gasteiger partial charge in [-0.2, -0.15) is 0 Å². The SMILES string of the molecule is CN1CCC(CN(C)C2CCCCCC2C(=O)O)CC1. The molecule has 0 amide bonds. The van der Waals surface area contributed by atoms with Gasteiger partial charge in [-0.05, 0) is 58.8 Å². The predicted octanol–water partition coefficient (Wildman–Crippen LogP) is 2.29. The number of likely N-dealkylation sites (tertiary alicyclic amines) is 1. The Bertz CT molecular complexity index is 314. The van der Waals surface area contributed by atoms with Gasteiger partial charge in [-0.25, -0.2) is 0 Å². The number of hydrogen-bond acceptors (Lipinski definition) is 3. The molecule has 2 atom stereocenters. The maximum absolute atomic E-state index is 11.5. The number of nitrogens with zero attached hydrogens (tertiary/aromatic N) is 2. The van der Waals surface area contributed by atoms with Crippen LogP contribution in [0.25, 0.3) is 0 Å². The maximum atomic E-state index is 11.5. The van der Waals surface area contributed by atoms with E-state index in [1.807, 2.05) is 0 Å². The number of aliphatic carboxylic acids is 1. The third kappa shape index (κ3) is 4.19. The van der Waals surface area contributed by atoms with Crippen molar-refractivity contribution in [2.24, 2.45) is 11.8 Å². The second-order valence-corrected chi connectivity index (χ2v) is 6.84. The zero-order chi connectivity index (χ0) is 14.5. The lowest BCUT2D eigenvalue weighted by Crippen LogP contribution is -2.44. The van der Waals surface area contributed by atoms with E-state index in [1.54, 1.807) is 0 Å². The molecule has 0 bridgehead atoms. The van der Waals surface area contributed by atoms with Gasteiger partial charge in [0, 0.05) is 12.6 Å². The summed E-state index contributed by atoms with van der Waals surface area (Å²) in [6.45, 7) is 3.44. The summed E-state index contributed by atoms with van der Waals surface area (Å²) in [5, 5.41) is 9.49. The minimum absolute atomic E-state index is 0.159. The van der Waals surface area contributed by atoms with E-state index in [0.717, 1.165) is 31.7 Å². The Morgan fingerprint density at radius 2 is 1.80 bits per heavy atom. The van der Waals surface area contributed by atoms with Crippen LogP contribution in [0.3, 0.4) is 0 Å². The van der Waals surface area contributed by atoms with Crippen LogP contribution in [-0.2, 0) is 4.79 Å². The van der Waals surface area contributed by atoms with Gasteiger partial charge in [0.05, 0.1) is 5.92 Å². The molecule has 2 unspecified atom stereocenters. The van der Waals surface area contributed by atoms with E-state index in [1.165, 1.54) is 38.8 Å². The Balaban J connectivity index is 1.91. The van der Waals surface area contributed by atoms with Gasteiger partial charge in [-0.1, -0.05) is 19.3 Å². The monoisotopic (exact) mass is 282 g/mol. The summed E-state index contributed by atoms with van der Waals surface area (Å²) in [4.78, 5) is 16.3. The molecule has 0 aromatic carbocycles. The van der Waals surface area contributed by atoms with Crippen LogP contribution in [0.5, 0.6) is 0 Å². The van der Waals surface area contributed by atoms with Crippen molar-refractivity contribution in [2.45, 2.75) is 51.0 Å². The molecule has 2 rings (SSSR count). The molecule has 2 aliphatic rings. The number of rotatable bonds is 4. The first kappa shape index (κ1) is 15.8. The molecule has 1 N–H and O–H groups in total. The van der Waals surface area contributed by atoms with E-state index in [9.17, 15) is 9.90 Å². The first-order chi connectivity index (χ1) is 9.58. The van der Waals surface area contributed by atoms with Crippen molar-refractivity contribution in [1.82, 2.24) is 9.80 Å². The van der Waals surface area contributed by atoms with Gasteiger partial charge in [-0.15, -0.1) is 0 Å². The smallest absolute Gasteiger partial charge is 0.308 e. The van der Waals surface area contributed by atoms with Crippen molar-refractivity contribution < 1.29 is 9.90 Å². The molecule has 1 heterocycles. The Morgan fingerprint density at radius 1 is 1.15 bits per heavy atom. The lowest BCUT2D eigenvalue weighted by atomic mass is 9.91. The lowest BCUT2D eigenvalue weighted by molar-refractivity contribution is -0.144. The summed E-state index contributed by atoms with van der Waals surface area (Å²) in [6, 6.07) is 0.245. The van der Waals surface area contributed by atoms with Crippen LogP contribution in [0.1, 0.15) is 44.9 Å². The quantitative estimate of drug-likeness (QED) is 0.804. The number of piperidine rings is 1. The van der Waals surface area contributed by atoms with Crippen LogP contribution in [0.2, 0.25) is 0 Å². The molecule has 1 aliphatic heterocycles. The van der Waals surface area contributed by atoms with Gasteiger partial charge in [0.25, 0.3) is 0 Å². The van der Waals surface area contributed by atoms with Gasteiger partial charge < -0.3 is 14.9 Å². The molecule has 0 radical (unpaired) electrons. The summed E-state index contributed by atoms with van der Waals surface area (Å²) in [6.07, 6.45) is 7.89. The van der Waals surface area contributed by atoms with Crippen molar-refractivity contribution in [2.75, 3.05) is 33.7 Å². The largest absolute Gasteiger partial charge is 0.481 e. The highest BCUT2D eigenvalue weighted by Crippen LogP contribution is 2.28. The summed E-state index contributed by atoms with van der Waals surface area (Å²) < 4.78 is 0. The van der Waals surface area contributed by atoms with Gasteiger partial charge in [0.2, 0.25) is 0 Å². The molecule has 4 heteroatoms.